The maximum atomic E-state index is 3.63. The highest BCUT2D eigenvalue weighted by Crippen LogP contribution is 2.30. The summed E-state index contributed by atoms with van der Waals surface area (Å²) in [6.07, 6.45) is 1.08. The van der Waals surface area contributed by atoms with Gasteiger partial charge in [-0.15, -0.1) is 0 Å². The van der Waals surface area contributed by atoms with Gasteiger partial charge in [0.25, 0.3) is 0 Å². The van der Waals surface area contributed by atoms with Crippen LogP contribution in [-0.2, 0) is 5.41 Å². The second-order valence-corrected chi connectivity index (χ2v) is 7.34. The highest BCUT2D eigenvalue weighted by atomic mass is 79.9. The first-order chi connectivity index (χ1) is 9.88. The number of aryl methyl sites for hydroxylation is 1. The Hall–Kier alpha value is -1.28. The molecule has 2 rings (SSSR count). The highest BCUT2D eigenvalue weighted by Gasteiger charge is 2.23. The minimum atomic E-state index is 0.157. The lowest BCUT2D eigenvalue weighted by Crippen LogP contribution is -2.27. The van der Waals surface area contributed by atoms with Crippen molar-refractivity contribution >= 4 is 21.6 Å². The van der Waals surface area contributed by atoms with Gasteiger partial charge in [-0.25, -0.2) is 0 Å². The van der Waals surface area contributed by atoms with Crippen molar-refractivity contribution in [3.8, 4) is 0 Å². The minimum Gasteiger partial charge on any atom is -0.382 e. The lowest BCUT2D eigenvalue weighted by atomic mass is 9.79. The number of benzene rings is 2. The van der Waals surface area contributed by atoms with Gasteiger partial charge in [-0.1, -0.05) is 50.2 Å². The standard InChI is InChI=1S/C19H24BrN/c1-14-10-11-17(20)18(12-14)21-15(2)13-19(3,4)16-8-6-5-7-9-16/h5-12,15,21H,13H2,1-4H3. The van der Waals surface area contributed by atoms with Crippen molar-refractivity contribution in [2.45, 2.75) is 45.6 Å². The van der Waals surface area contributed by atoms with Crippen LogP contribution in [-0.4, -0.2) is 6.04 Å². The summed E-state index contributed by atoms with van der Waals surface area (Å²) in [7, 11) is 0. The topological polar surface area (TPSA) is 12.0 Å². The third-order valence-corrected chi connectivity index (χ3v) is 4.59. The van der Waals surface area contributed by atoms with Crippen LogP contribution in [0.15, 0.2) is 53.0 Å². The van der Waals surface area contributed by atoms with Crippen molar-refractivity contribution in [2.24, 2.45) is 0 Å². The Morgan fingerprint density at radius 1 is 1.10 bits per heavy atom. The fourth-order valence-corrected chi connectivity index (χ4v) is 3.20. The summed E-state index contributed by atoms with van der Waals surface area (Å²) in [6, 6.07) is 17.6. The molecule has 2 heteroatoms. The molecule has 0 saturated heterocycles. The van der Waals surface area contributed by atoms with Gasteiger partial charge in [0.15, 0.2) is 0 Å². The summed E-state index contributed by atoms with van der Waals surface area (Å²) in [6.45, 7) is 8.99. The molecule has 0 aliphatic carbocycles. The molecule has 1 N–H and O–H groups in total. The van der Waals surface area contributed by atoms with E-state index in [2.05, 4.69) is 97.5 Å². The molecule has 0 radical (unpaired) electrons. The van der Waals surface area contributed by atoms with Gasteiger partial charge in [0.1, 0.15) is 0 Å². The Morgan fingerprint density at radius 2 is 1.76 bits per heavy atom. The summed E-state index contributed by atoms with van der Waals surface area (Å²) >= 11 is 3.62. The molecular weight excluding hydrogens is 322 g/mol. The van der Waals surface area contributed by atoms with Crippen molar-refractivity contribution in [3.63, 3.8) is 0 Å². The first-order valence-electron chi connectivity index (χ1n) is 7.47. The maximum absolute atomic E-state index is 3.63. The van der Waals surface area contributed by atoms with Crippen molar-refractivity contribution in [1.29, 1.82) is 0 Å². The SMILES string of the molecule is Cc1ccc(Br)c(NC(C)CC(C)(C)c2ccccc2)c1. The van der Waals surface area contributed by atoms with E-state index in [0.717, 1.165) is 10.9 Å². The fraction of sp³-hybridized carbons (Fsp3) is 0.368. The largest absolute Gasteiger partial charge is 0.382 e. The van der Waals surface area contributed by atoms with E-state index in [1.807, 2.05) is 0 Å². The van der Waals surface area contributed by atoms with Gasteiger partial charge in [0.2, 0.25) is 0 Å². The van der Waals surface area contributed by atoms with E-state index in [0.29, 0.717) is 6.04 Å². The first kappa shape index (κ1) is 16.1. The van der Waals surface area contributed by atoms with E-state index in [9.17, 15) is 0 Å². The Morgan fingerprint density at radius 3 is 2.43 bits per heavy atom. The second kappa shape index (κ2) is 6.65. The van der Waals surface area contributed by atoms with Crippen LogP contribution in [0.1, 0.15) is 38.3 Å². The summed E-state index contributed by atoms with van der Waals surface area (Å²) in [5, 5.41) is 3.63. The zero-order valence-corrected chi connectivity index (χ0v) is 14.9. The predicted molar refractivity (Wildman–Crippen MR) is 96.0 cm³/mol. The lowest BCUT2D eigenvalue weighted by molar-refractivity contribution is 0.450. The van der Waals surface area contributed by atoms with Crippen LogP contribution in [0.3, 0.4) is 0 Å². The molecule has 1 nitrogen and oxygen atoms in total. The van der Waals surface area contributed by atoms with Crippen LogP contribution in [0, 0.1) is 6.92 Å². The Kier molecular flexibility index (Phi) is 5.10. The molecule has 0 spiro atoms. The third kappa shape index (κ3) is 4.34. The smallest absolute Gasteiger partial charge is 0.0489 e. The van der Waals surface area contributed by atoms with Gasteiger partial charge in [-0.2, -0.15) is 0 Å². The van der Waals surface area contributed by atoms with Crippen molar-refractivity contribution < 1.29 is 0 Å². The van der Waals surface area contributed by atoms with Crippen LogP contribution in [0.4, 0.5) is 5.69 Å². The van der Waals surface area contributed by atoms with Crippen LogP contribution < -0.4 is 5.32 Å². The normalized spacial score (nSPS) is 13.0. The number of halogens is 1. The Labute approximate surface area is 136 Å². The van der Waals surface area contributed by atoms with Gasteiger partial charge in [0.05, 0.1) is 0 Å². The first-order valence-corrected chi connectivity index (χ1v) is 8.26. The predicted octanol–water partition coefficient (Wildman–Crippen LogP) is 5.93. The minimum absolute atomic E-state index is 0.157. The molecule has 0 fully saturated rings. The molecule has 2 aromatic rings. The van der Waals surface area contributed by atoms with E-state index in [1.54, 1.807) is 0 Å². The number of nitrogens with one attached hydrogen (secondary N) is 1. The summed E-state index contributed by atoms with van der Waals surface area (Å²) in [4.78, 5) is 0. The van der Waals surface area contributed by atoms with E-state index < -0.39 is 0 Å². The van der Waals surface area contributed by atoms with Crippen molar-refractivity contribution in [2.75, 3.05) is 5.32 Å². The molecule has 2 aromatic carbocycles. The Bertz CT molecular complexity index is 590. The van der Waals surface area contributed by atoms with Crippen LogP contribution in [0.25, 0.3) is 0 Å². The third-order valence-electron chi connectivity index (χ3n) is 3.90. The Balaban J connectivity index is 2.07. The molecule has 112 valence electrons. The van der Waals surface area contributed by atoms with Crippen molar-refractivity contribution in [3.05, 3.63) is 64.1 Å². The van der Waals surface area contributed by atoms with Gasteiger partial charge in [-0.3, -0.25) is 0 Å². The van der Waals surface area contributed by atoms with Gasteiger partial charge in [-0.05, 0) is 64.9 Å². The van der Waals surface area contributed by atoms with Gasteiger partial charge < -0.3 is 5.32 Å². The van der Waals surface area contributed by atoms with Crippen LogP contribution in [0.2, 0.25) is 0 Å². The summed E-state index contributed by atoms with van der Waals surface area (Å²) in [5.41, 5.74) is 3.99. The molecule has 1 atom stereocenters. The van der Waals surface area contributed by atoms with Gasteiger partial charge in [0, 0.05) is 16.2 Å². The zero-order chi connectivity index (χ0) is 15.5. The molecule has 0 aromatic heterocycles. The number of anilines is 1. The highest BCUT2D eigenvalue weighted by molar-refractivity contribution is 9.10. The molecule has 0 amide bonds. The quantitative estimate of drug-likeness (QED) is 0.708. The number of hydrogen-bond donors (Lipinski definition) is 1. The fourth-order valence-electron chi connectivity index (χ4n) is 2.84. The van der Waals surface area contributed by atoms with E-state index >= 15 is 0 Å². The second-order valence-electron chi connectivity index (χ2n) is 6.48. The molecule has 0 saturated carbocycles. The van der Waals surface area contributed by atoms with Crippen LogP contribution in [0.5, 0.6) is 0 Å². The van der Waals surface area contributed by atoms with Crippen LogP contribution >= 0.6 is 15.9 Å². The molecule has 21 heavy (non-hydrogen) atoms. The van der Waals surface area contributed by atoms with E-state index in [4.69, 9.17) is 0 Å². The molecule has 0 aliphatic rings. The molecule has 0 aliphatic heterocycles. The maximum Gasteiger partial charge on any atom is 0.0489 e. The molecule has 0 heterocycles. The molecule has 1 unspecified atom stereocenters. The lowest BCUT2D eigenvalue weighted by Gasteiger charge is -2.30. The van der Waals surface area contributed by atoms with E-state index in [-0.39, 0.29) is 5.41 Å². The zero-order valence-electron chi connectivity index (χ0n) is 13.3. The summed E-state index contributed by atoms with van der Waals surface area (Å²) in [5.74, 6) is 0. The van der Waals surface area contributed by atoms with Crippen molar-refractivity contribution in [1.82, 2.24) is 0 Å². The average Bonchev–Trinajstić information content (AvgIpc) is 2.43. The van der Waals surface area contributed by atoms with E-state index in [1.165, 1.54) is 16.8 Å². The molecule has 0 bridgehead atoms. The summed E-state index contributed by atoms with van der Waals surface area (Å²) < 4.78 is 1.12. The average molecular weight is 346 g/mol. The monoisotopic (exact) mass is 345 g/mol. The number of rotatable bonds is 5. The van der Waals surface area contributed by atoms with Gasteiger partial charge >= 0.3 is 0 Å². The number of hydrogen-bond acceptors (Lipinski definition) is 1. The molecular formula is C19H24BrN.